The molecule has 0 fully saturated rings. The average molecular weight is 269 g/mol. The van der Waals surface area contributed by atoms with Gasteiger partial charge in [0.1, 0.15) is 11.5 Å². The molecule has 3 nitrogen and oxygen atoms in total. The van der Waals surface area contributed by atoms with Crippen LogP contribution >= 0.6 is 11.3 Å². The zero-order chi connectivity index (χ0) is 13.1. The lowest BCUT2D eigenvalue weighted by Crippen LogP contribution is -2.03. The largest absolute Gasteiger partial charge is 0.455 e. The summed E-state index contributed by atoms with van der Waals surface area (Å²) in [5.41, 5.74) is 0.747. The Morgan fingerprint density at radius 1 is 1.16 bits per heavy atom. The van der Waals surface area contributed by atoms with E-state index < -0.39 is 0 Å². The van der Waals surface area contributed by atoms with E-state index in [0.29, 0.717) is 4.88 Å². The summed E-state index contributed by atoms with van der Waals surface area (Å²) >= 11 is 1.45. The van der Waals surface area contributed by atoms with Gasteiger partial charge in [-0.2, -0.15) is 0 Å². The van der Waals surface area contributed by atoms with Gasteiger partial charge >= 0.3 is 5.97 Å². The van der Waals surface area contributed by atoms with Crippen LogP contribution in [0.15, 0.2) is 54.7 Å². The molecule has 2 aromatic heterocycles. The van der Waals surface area contributed by atoms with Crippen molar-refractivity contribution in [2.24, 2.45) is 0 Å². The molecule has 0 atom stereocenters. The third kappa shape index (κ3) is 2.63. The SMILES string of the molecule is O=C(OCc1ccccn1)c1cc2ccccc2s1. The maximum Gasteiger partial charge on any atom is 0.348 e. The maximum atomic E-state index is 11.9. The predicted molar refractivity (Wildman–Crippen MR) is 75.2 cm³/mol. The van der Waals surface area contributed by atoms with Gasteiger partial charge in [-0.05, 0) is 29.7 Å². The van der Waals surface area contributed by atoms with Gasteiger partial charge in [0.25, 0.3) is 0 Å². The van der Waals surface area contributed by atoms with Crippen LogP contribution in [0.1, 0.15) is 15.4 Å². The summed E-state index contributed by atoms with van der Waals surface area (Å²) in [6.07, 6.45) is 1.68. The number of carbonyl (C=O) groups is 1. The van der Waals surface area contributed by atoms with Crippen LogP contribution in [0.25, 0.3) is 10.1 Å². The van der Waals surface area contributed by atoms with Crippen molar-refractivity contribution in [2.75, 3.05) is 0 Å². The van der Waals surface area contributed by atoms with Crippen LogP contribution in [0.3, 0.4) is 0 Å². The first-order valence-corrected chi connectivity index (χ1v) is 6.70. The first-order valence-electron chi connectivity index (χ1n) is 5.88. The molecule has 4 heteroatoms. The van der Waals surface area contributed by atoms with Gasteiger partial charge in [-0.15, -0.1) is 11.3 Å². The second-order valence-electron chi connectivity index (χ2n) is 4.05. The molecule has 0 bridgehead atoms. The van der Waals surface area contributed by atoms with E-state index in [1.165, 1.54) is 11.3 Å². The van der Waals surface area contributed by atoms with Gasteiger partial charge < -0.3 is 4.74 Å². The van der Waals surface area contributed by atoms with Crippen molar-refractivity contribution in [3.63, 3.8) is 0 Å². The number of hydrogen-bond donors (Lipinski definition) is 0. The Hall–Kier alpha value is -2.20. The quantitative estimate of drug-likeness (QED) is 0.681. The molecule has 3 rings (SSSR count). The molecule has 0 spiro atoms. The minimum Gasteiger partial charge on any atom is -0.455 e. The molecule has 94 valence electrons. The fraction of sp³-hybridized carbons (Fsp3) is 0.0667. The third-order valence-corrected chi connectivity index (χ3v) is 3.80. The van der Waals surface area contributed by atoms with Gasteiger partial charge in [0, 0.05) is 10.9 Å². The molecule has 0 aliphatic heterocycles. The Morgan fingerprint density at radius 3 is 2.79 bits per heavy atom. The molecule has 0 N–H and O–H groups in total. The molecule has 0 unspecified atom stereocenters. The van der Waals surface area contributed by atoms with Gasteiger partial charge in [0.2, 0.25) is 0 Å². The maximum absolute atomic E-state index is 11.9. The highest BCUT2D eigenvalue weighted by Gasteiger charge is 2.11. The number of fused-ring (bicyclic) bond motifs is 1. The number of nitrogens with zero attached hydrogens (tertiary/aromatic N) is 1. The van der Waals surface area contributed by atoms with E-state index in [1.807, 2.05) is 48.5 Å². The van der Waals surface area contributed by atoms with E-state index in [4.69, 9.17) is 4.74 Å². The Morgan fingerprint density at radius 2 is 2.00 bits per heavy atom. The Balaban J connectivity index is 1.73. The van der Waals surface area contributed by atoms with Crippen LogP contribution in [0.5, 0.6) is 0 Å². The summed E-state index contributed by atoms with van der Waals surface area (Å²) in [6, 6.07) is 15.3. The van der Waals surface area contributed by atoms with Crippen molar-refractivity contribution in [3.05, 3.63) is 65.3 Å². The lowest BCUT2D eigenvalue weighted by atomic mass is 10.2. The fourth-order valence-electron chi connectivity index (χ4n) is 1.78. The van der Waals surface area contributed by atoms with E-state index in [9.17, 15) is 4.79 Å². The molecule has 3 aromatic rings. The van der Waals surface area contributed by atoms with Crippen LogP contribution in [-0.2, 0) is 11.3 Å². The number of esters is 1. The number of ether oxygens (including phenoxy) is 1. The summed E-state index contributed by atoms with van der Waals surface area (Å²) < 4.78 is 6.34. The summed E-state index contributed by atoms with van der Waals surface area (Å²) in [4.78, 5) is 16.7. The second-order valence-corrected chi connectivity index (χ2v) is 5.13. The van der Waals surface area contributed by atoms with E-state index in [2.05, 4.69) is 4.98 Å². The number of benzene rings is 1. The summed E-state index contributed by atoms with van der Waals surface area (Å²) in [5.74, 6) is -0.299. The number of pyridine rings is 1. The predicted octanol–water partition coefficient (Wildman–Crippen LogP) is 3.65. The molecule has 2 heterocycles. The smallest absolute Gasteiger partial charge is 0.348 e. The molecular formula is C15H11NO2S. The van der Waals surface area contributed by atoms with Crippen LogP contribution in [0, 0.1) is 0 Å². The molecule has 0 aliphatic rings. The standard InChI is InChI=1S/C15H11NO2S/c17-15(18-10-12-6-3-4-8-16-12)14-9-11-5-1-2-7-13(11)19-14/h1-9H,10H2. The minimum atomic E-state index is -0.299. The highest BCUT2D eigenvalue weighted by Crippen LogP contribution is 2.25. The number of rotatable bonds is 3. The molecule has 1 aromatic carbocycles. The highest BCUT2D eigenvalue weighted by molar-refractivity contribution is 7.20. The van der Waals surface area contributed by atoms with E-state index >= 15 is 0 Å². The molecule has 0 aliphatic carbocycles. The monoisotopic (exact) mass is 269 g/mol. The van der Waals surface area contributed by atoms with Gasteiger partial charge in [0.05, 0.1) is 5.69 Å². The third-order valence-electron chi connectivity index (χ3n) is 2.70. The lowest BCUT2D eigenvalue weighted by Gasteiger charge is -2.01. The molecule has 0 radical (unpaired) electrons. The number of carbonyl (C=O) groups excluding carboxylic acids is 1. The first kappa shape index (κ1) is 11.9. The molecule has 0 amide bonds. The highest BCUT2D eigenvalue weighted by atomic mass is 32.1. The summed E-state index contributed by atoms with van der Waals surface area (Å²) in [7, 11) is 0. The number of thiophene rings is 1. The van der Waals surface area contributed by atoms with Crippen molar-refractivity contribution in [3.8, 4) is 0 Å². The molecule has 0 saturated heterocycles. The average Bonchev–Trinajstić information content (AvgIpc) is 2.90. The van der Waals surface area contributed by atoms with Crippen molar-refractivity contribution >= 4 is 27.4 Å². The summed E-state index contributed by atoms with van der Waals surface area (Å²) in [5, 5.41) is 1.07. The van der Waals surface area contributed by atoms with E-state index in [0.717, 1.165) is 15.8 Å². The van der Waals surface area contributed by atoms with Crippen LogP contribution in [0.2, 0.25) is 0 Å². The Bertz CT molecular complexity index is 673. The molecular weight excluding hydrogens is 258 g/mol. The summed E-state index contributed by atoms with van der Waals surface area (Å²) in [6.45, 7) is 0.202. The number of aromatic nitrogens is 1. The normalized spacial score (nSPS) is 10.5. The van der Waals surface area contributed by atoms with Crippen LogP contribution in [-0.4, -0.2) is 11.0 Å². The Labute approximate surface area is 114 Å². The van der Waals surface area contributed by atoms with E-state index in [1.54, 1.807) is 6.20 Å². The second kappa shape index (κ2) is 5.20. The van der Waals surface area contributed by atoms with E-state index in [-0.39, 0.29) is 12.6 Å². The Kier molecular flexibility index (Phi) is 3.25. The van der Waals surface area contributed by atoms with Gasteiger partial charge in [-0.3, -0.25) is 4.98 Å². The molecule has 0 saturated carbocycles. The topological polar surface area (TPSA) is 39.2 Å². The van der Waals surface area contributed by atoms with Gasteiger partial charge in [-0.25, -0.2) is 4.79 Å². The fourth-order valence-corrected chi connectivity index (χ4v) is 2.73. The minimum absolute atomic E-state index is 0.202. The van der Waals surface area contributed by atoms with Crippen molar-refractivity contribution in [1.82, 2.24) is 4.98 Å². The van der Waals surface area contributed by atoms with Crippen LogP contribution < -0.4 is 0 Å². The van der Waals surface area contributed by atoms with Crippen molar-refractivity contribution in [1.29, 1.82) is 0 Å². The molecule has 19 heavy (non-hydrogen) atoms. The van der Waals surface area contributed by atoms with Gasteiger partial charge in [0.15, 0.2) is 0 Å². The zero-order valence-electron chi connectivity index (χ0n) is 10.1. The number of hydrogen-bond acceptors (Lipinski definition) is 4. The van der Waals surface area contributed by atoms with Gasteiger partial charge in [-0.1, -0.05) is 24.3 Å². The van der Waals surface area contributed by atoms with Crippen LogP contribution in [0.4, 0.5) is 0 Å². The lowest BCUT2D eigenvalue weighted by molar-refractivity contribution is 0.0473. The first-order chi connectivity index (χ1) is 9.33. The zero-order valence-corrected chi connectivity index (χ0v) is 10.9. The van der Waals surface area contributed by atoms with Crippen molar-refractivity contribution < 1.29 is 9.53 Å². The van der Waals surface area contributed by atoms with Crippen molar-refractivity contribution in [2.45, 2.75) is 6.61 Å².